The van der Waals surface area contributed by atoms with E-state index >= 15 is 0 Å². The predicted octanol–water partition coefficient (Wildman–Crippen LogP) is 2.09. The van der Waals surface area contributed by atoms with Crippen molar-refractivity contribution >= 4 is 28.8 Å². The van der Waals surface area contributed by atoms with Gasteiger partial charge in [0.05, 0.1) is 11.9 Å². The van der Waals surface area contributed by atoms with Gasteiger partial charge in [0.25, 0.3) is 0 Å². The summed E-state index contributed by atoms with van der Waals surface area (Å²) >= 11 is 1.64. The highest BCUT2D eigenvalue weighted by atomic mass is 32.1. The Labute approximate surface area is 132 Å². The van der Waals surface area contributed by atoms with Gasteiger partial charge in [-0.2, -0.15) is 16.4 Å². The Hall–Kier alpha value is -2.15. The Morgan fingerprint density at radius 2 is 2.32 bits per heavy atom. The fraction of sp³-hybridized carbons (Fsp3) is 0.400. The third-order valence-corrected chi connectivity index (χ3v) is 4.22. The van der Waals surface area contributed by atoms with Gasteiger partial charge in [-0.15, -0.1) is 0 Å². The second kappa shape index (κ2) is 6.31. The van der Waals surface area contributed by atoms with E-state index in [1.54, 1.807) is 28.4 Å². The molecule has 22 heavy (non-hydrogen) atoms. The predicted molar refractivity (Wildman–Crippen MR) is 84.4 cm³/mol. The van der Waals surface area contributed by atoms with E-state index in [1.165, 1.54) is 12.5 Å². The molecule has 1 fully saturated rings. The lowest BCUT2D eigenvalue weighted by Crippen LogP contribution is -2.35. The highest BCUT2D eigenvalue weighted by molar-refractivity contribution is 7.07. The van der Waals surface area contributed by atoms with Gasteiger partial charge < -0.3 is 10.2 Å². The summed E-state index contributed by atoms with van der Waals surface area (Å²) in [5.41, 5.74) is 1.78. The first-order chi connectivity index (χ1) is 10.6. The van der Waals surface area contributed by atoms with Crippen molar-refractivity contribution in [2.75, 3.05) is 5.32 Å². The lowest BCUT2D eigenvalue weighted by atomic mass is 10.3. The number of carbonyl (C=O) groups is 2. The van der Waals surface area contributed by atoms with Gasteiger partial charge in [-0.3, -0.25) is 14.3 Å². The van der Waals surface area contributed by atoms with E-state index in [1.807, 2.05) is 10.3 Å². The van der Waals surface area contributed by atoms with Gasteiger partial charge in [0.15, 0.2) is 0 Å². The molecule has 7 heteroatoms. The Morgan fingerprint density at radius 1 is 1.50 bits per heavy atom. The lowest BCUT2D eigenvalue weighted by molar-refractivity contribution is -0.133. The zero-order valence-electron chi connectivity index (χ0n) is 12.4. The number of carbonyl (C=O) groups excluding carboxylic acids is 2. The van der Waals surface area contributed by atoms with Crippen molar-refractivity contribution in [3.63, 3.8) is 0 Å². The summed E-state index contributed by atoms with van der Waals surface area (Å²) in [4.78, 5) is 25.5. The minimum absolute atomic E-state index is 0.0613. The van der Waals surface area contributed by atoms with Gasteiger partial charge in [0.2, 0.25) is 11.8 Å². The van der Waals surface area contributed by atoms with Crippen LogP contribution in [0.5, 0.6) is 0 Å². The molecule has 1 aliphatic carbocycles. The monoisotopic (exact) mass is 318 g/mol. The van der Waals surface area contributed by atoms with Crippen LogP contribution in [0.3, 0.4) is 0 Å². The summed E-state index contributed by atoms with van der Waals surface area (Å²) in [7, 11) is 0. The van der Waals surface area contributed by atoms with Crippen molar-refractivity contribution in [3.05, 3.63) is 34.8 Å². The minimum Gasteiger partial charge on any atom is -0.334 e. The number of hydrogen-bond donors (Lipinski definition) is 1. The van der Waals surface area contributed by atoms with Crippen molar-refractivity contribution < 1.29 is 9.59 Å². The van der Waals surface area contributed by atoms with Gasteiger partial charge in [-0.05, 0) is 35.2 Å². The quantitative estimate of drug-likeness (QED) is 0.887. The molecule has 0 aromatic carbocycles. The molecule has 2 amide bonds. The first kappa shape index (κ1) is 14.8. The van der Waals surface area contributed by atoms with Crippen LogP contribution in [-0.4, -0.2) is 32.5 Å². The molecule has 6 nitrogen and oxygen atoms in total. The summed E-state index contributed by atoms with van der Waals surface area (Å²) in [6.07, 6.45) is 5.38. The molecule has 0 atom stereocenters. The fourth-order valence-electron chi connectivity index (χ4n) is 2.33. The maximum Gasteiger partial charge on any atom is 0.244 e. The molecule has 1 aliphatic rings. The van der Waals surface area contributed by atoms with Crippen molar-refractivity contribution in [1.82, 2.24) is 14.7 Å². The van der Waals surface area contributed by atoms with E-state index in [2.05, 4.69) is 21.9 Å². The Morgan fingerprint density at radius 3 is 2.95 bits per heavy atom. The summed E-state index contributed by atoms with van der Waals surface area (Å²) < 4.78 is 1.57. The third-order valence-electron chi connectivity index (χ3n) is 3.49. The number of nitrogens with one attached hydrogen (secondary N) is 1. The zero-order chi connectivity index (χ0) is 15.5. The van der Waals surface area contributed by atoms with Crippen LogP contribution in [0.25, 0.3) is 0 Å². The van der Waals surface area contributed by atoms with E-state index in [9.17, 15) is 9.59 Å². The van der Waals surface area contributed by atoms with Crippen molar-refractivity contribution in [1.29, 1.82) is 0 Å². The molecule has 116 valence electrons. The summed E-state index contributed by atoms with van der Waals surface area (Å²) in [5.74, 6) is -0.0888. The van der Waals surface area contributed by atoms with Gasteiger partial charge in [-0.25, -0.2) is 0 Å². The lowest BCUT2D eigenvalue weighted by Gasteiger charge is -2.22. The van der Waals surface area contributed by atoms with Gasteiger partial charge in [-0.1, -0.05) is 0 Å². The fourth-order valence-corrected chi connectivity index (χ4v) is 2.99. The summed E-state index contributed by atoms with van der Waals surface area (Å²) in [5, 5.41) is 10.9. The van der Waals surface area contributed by atoms with Crippen molar-refractivity contribution in [2.45, 2.75) is 38.9 Å². The molecule has 0 aliphatic heterocycles. The Balaban J connectivity index is 1.63. The second-order valence-electron chi connectivity index (χ2n) is 5.49. The highest BCUT2D eigenvalue weighted by Gasteiger charge is 2.32. The van der Waals surface area contributed by atoms with Crippen molar-refractivity contribution in [3.8, 4) is 0 Å². The number of amides is 2. The molecular weight excluding hydrogens is 300 g/mol. The van der Waals surface area contributed by atoms with Gasteiger partial charge in [0, 0.05) is 25.7 Å². The van der Waals surface area contributed by atoms with Crippen molar-refractivity contribution in [2.24, 2.45) is 0 Å². The largest absolute Gasteiger partial charge is 0.334 e. The summed E-state index contributed by atoms with van der Waals surface area (Å²) in [6, 6.07) is 2.41. The number of thiophene rings is 1. The van der Waals surface area contributed by atoms with Crippen LogP contribution in [0.2, 0.25) is 0 Å². The molecule has 0 spiro atoms. The SMILES string of the molecule is CC(=O)Nc1cnn(CC(=O)N(Cc2ccsc2)C2CC2)c1. The van der Waals surface area contributed by atoms with Gasteiger partial charge in [0.1, 0.15) is 6.54 Å². The maximum absolute atomic E-state index is 12.5. The van der Waals surface area contributed by atoms with Crippen LogP contribution in [0.4, 0.5) is 5.69 Å². The minimum atomic E-state index is -0.150. The first-order valence-electron chi connectivity index (χ1n) is 7.22. The average molecular weight is 318 g/mol. The molecule has 0 saturated heterocycles. The van der Waals surface area contributed by atoms with Crippen LogP contribution >= 0.6 is 11.3 Å². The number of hydrogen-bond acceptors (Lipinski definition) is 4. The zero-order valence-corrected chi connectivity index (χ0v) is 13.2. The van der Waals surface area contributed by atoms with Crippen LogP contribution < -0.4 is 5.32 Å². The second-order valence-corrected chi connectivity index (χ2v) is 6.27. The Kier molecular flexibility index (Phi) is 4.24. The van der Waals surface area contributed by atoms with E-state index in [4.69, 9.17) is 0 Å². The number of rotatable bonds is 6. The van der Waals surface area contributed by atoms with E-state index in [-0.39, 0.29) is 18.4 Å². The molecule has 3 rings (SSSR count). The number of nitrogens with zero attached hydrogens (tertiary/aromatic N) is 3. The molecular formula is C15H18N4O2S. The molecule has 0 radical (unpaired) electrons. The first-order valence-corrected chi connectivity index (χ1v) is 8.16. The number of aromatic nitrogens is 2. The molecule has 2 aromatic heterocycles. The van der Waals surface area contributed by atoms with Crippen LogP contribution in [0, 0.1) is 0 Å². The molecule has 1 N–H and O–H groups in total. The molecule has 1 saturated carbocycles. The maximum atomic E-state index is 12.5. The number of anilines is 1. The van der Waals surface area contributed by atoms with Gasteiger partial charge >= 0.3 is 0 Å². The third kappa shape index (κ3) is 3.73. The highest BCUT2D eigenvalue weighted by Crippen LogP contribution is 2.29. The molecule has 2 heterocycles. The van der Waals surface area contributed by atoms with E-state index in [0.29, 0.717) is 18.3 Å². The molecule has 0 unspecified atom stereocenters. The van der Waals surface area contributed by atoms with Crippen LogP contribution in [0.1, 0.15) is 25.3 Å². The summed E-state index contributed by atoms with van der Waals surface area (Å²) in [6.45, 7) is 2.30. The molecule has 2 aromatic rings. The Bertz CT molecular complexity index is 661. The normalized spacial score (nSPS) is 13.9. The smallest absolute Gasteiger partial charge is 0.244 e. The standard InChI is InChI=1S/C15H18N4O2S/c1-11(20)17-13-6-16-18(8-13)9-15(21)19(14-2-3-14)7-12-4-5-22-10-12/h4-6,8,10,14H,2-3,7,9H2,1H3,(H,17,20). The van der Waals surface area contributed by atoms with E-state index < -0.39 is 0 Å². The average Bonchev–Trinajstić information content (AvgIpc) is 2.99. The van der Waals surface area contributed by atoms with Crippen LogP contribution in [0.15, 0.2) is 29.2 Å². The van der Waals surface area contributed by atoms with Crippen LogP contribution in [-0.2, 0) is 22.7 Å². The molecule has 0 bridgehead atoms. The van der Waals surface area contributed by atoms with E-state index in [0.717, 1.165) is 12.8 Å². The topological polar surface area (TPSA) is 67.2 Å².